The first kappa shape index (κ1) is 24.6. The summed E-state index contributed by atoms with van der Waals surface area (Å²) in [6.45, 7) is 1.27. The lowest BCUT2D eigenvalue weighted by atomic mass is 10.2. The Kier molecular flexibility index (Phi) is 7.31. The third-order valence-electron chi connectivity index (χ3n) is 4.69. The van der Waals surface area contributed by atoms with Crippen molar-refractivity contribution in [2.45, 2.75) is 11.8 Å². The first-order chi connectivity index (χ1) is 15.5. The number of sulfonamides is 2. The smallest absolute Gasteiger partial charge is 0.261 e. The predicted octanol–water partition coefficient (Wildman–Crippen LogP) is 3.85. The fourth-order valence-corrected chi connectivity index (χ4v) is 5.12. The number of benzene rings is 3. The van der Waals surface area contributed by atoms with Crippen molar-refractivity contribution in [1.82, 2.24) is 0 Å². The molecule has 1 amide bonds. The molecular formula is C22H22ClN3O5S2. The Morgan fingerprint density at radius 2 is 1.55 bits per heavy atom. The molecule has 0 fully saturated rings. The van der Waals surface area contributed by atoms with Gasteiger partial charge in [0.05, 0.1) is 22.5 Å². The van der Waals surface area contributed by atoms with Gasteiger partial charge in [-0.2, -0.15) is 0 Å². The molecule has 0 aromatic heterocycles. The van der Waals surface area contributed by atoms with E-state index in [2.05, 4.69) is 10.0 Å². The molecule has 3 aromatic carbocycles. The average Bonchev–Trinajstić information content (AvgIpc) is 2.75. The van der Waals surface area contributed by atoms with Crippen molar-refractivity contribution in [3.63, 3.8) is 0 Å². The molecule has 0 aliphatic rings. The maximum absolute atomic E-state index is 12.7. The van der Waals surface area contributed by atoms with Crippen molar-refractivity contribution in [2.24, 2.45) is 0 Å². The molecule has 3 rings (SSSR count). The van der Waals surface area contributed by atoms with Crippen molar-refractivity contribution in [1.29, 1.82) is 0 Å². The van der Waals surface area contributed by atoms with Gasteiger partial charge in [0.1, 0.15) is 6.54 Å². The van der Waals surface area contributed by atoms with Crippen molar-refractivity contribution >= 4 is 54.6 Å². The number of amides is 1. The quantitative estimate of drug-likeness (QED) is 0.481. The third kappa shape index (κ3) is 6.25. The highest BCUT2D eigenvalue weighted by molar-refractivity contribution is 7.92. The first-order valence-corrected chi connectivity index (χ1v) is 13.4. The fraction of sp³-hybridized carbons (Fsp3) is 0.136. The Morgan fingerprint density at radius 3 is 2.15 bits per heavy atom. The van der Waals surface area contributed by atoms with Crippen LogP contribution in [0.4, 0.5) is 17.1 Å². The average molecular weight is 508 g/mol. The van der Waals surface area contributed by atoms with Crippen molar-refractivity contribution < 1.29 is 21.6 Å². The zero-order valence-corrected chi connectivity index (χ0v) is 20.2. The molecule has 0 bridgehead atoms. The summed E-state index contributed by atoms with van der Waals surface area (Å²) in [5, 5.41) is 3.02. The highest BCUT2D eigenvalue weighted by atomic mass is 35.5. The molecule has 0 saturated heterocycles. The molecule has 0 unspecified atom stereocenters. The molecule has 2 N–H and O–H groups in total. The zero-order chi connectivity index (χ0) is 24.2. The minimum atomic E-state index is -3.88. The van der Waals surface area contributed by atoms with Gasteiger partial charge in [-0.1, -0.05) is 35.9 Å². The molecule has 11 heteroatoms. The number of nitrogens with one attached hydrogen (secondary N) is 2. The number of halogens is 1. The van der Waals surface area contributed by atoms with Gasteiger partial charge < -0.3 is 5.32 Å². The van der Waals surface area contributed by atoms with Crippen LogP contribution in [0.1, 0.15) is 5.56 Å². The summed E-state index contributed by atoms with van der Waals surface area (Å²) in [6.07, 6.45) is 1.02. The van der Waals surface area contributed by atoms with Gasteiger partial charge in [-0.05, 0) is 61.0 Å². The van der Waals surface area contributed by atoms with E-state index in [1.165, 1.54) is 24.3 Å². The van der Waals surface area contributed by atoms with Crippen molar-refractivity contribution in [3.05, 3.63) is 83.4 Å². The molecule has 0 heterocycles. The zero-order valence-electron chi connectivity index (χ0n) is 17.8. The second-order valence-electron chi connectivity index (χ2n) is 7.20. The van der Waals surface area contributed by atoms with Crippen molar-refractivity contribution in [2.75, 3.05) is 27.1 Å². The van der Waals surface area contributed by atoms with E-state index in [1.807, 2.05) is 0 Å². The lowest BCUT2D eigenvalue weighted by Gasteiger charge is -2.21. The third-order valence-corrected chi connectivity index (χ3v) is 7.62. The van der Waals surface area contributed by atoms with Gasteiger partial charge in [-0.25, -0.2) is 16.8 Å². The monoisotopic (exact) mass is 507 g/mol. The molecule has 0 spiro atoms. The molecule has 174 valence electrons. The largest absolute Gasteiger partial charge is 0.325 e. The standard InChI is InChI=1S/C22H22ClN3O5S2/c1-16-20(23)9-6-10-21(16)25-33(30,31)19-13-11-17(12-14-19)24-22(27)15-26(32(2,28)29)18-7-4-3-5-8-18/h3-14,25H,15H2,1-2H3,(H,24,27). The SMILES string of the molecule is Cc1c(Cl)cccc1NS(=O)(=O)c1ccc(NC(=O)CN(c2ccccc2)S(C)(=O)=O)cc1. The second-order valence-corrected chi connectivity index (χ2v) is 11.2. The topological polar surface area (TPSA) is 113 Å². The maximum Gasteiger partial charge on any atom is 0.261 e. The Hall–Kier alpha value is -3.08. The maximum atomic E-state index is 12.7. The van der Waals surface area contributed by atoms with Crippen LogP contribution >= 0.6 is 11.6 Å². The number of anilines is 3. The second kappa shape index (κ2) is 9.82. The van der Waals surface area contributed by atoms with E-state index in [-0.39, 0.29) is 4.90 Å². The molecule has 0 aliphatic carbocycles. The molecule has 0 atom stereocenters. The number of hydrogen-bond acceptors (Lipinski definition) is 5. The number of carbonyl (C=O) groups excluding carboxylic acids is 1. The number of rotatable bonds is 8. The minimum absolute atomic E-state index is 0.0121. The van der Waals surface area contributed by atoms with Crippen LogP contribution in [0.2, 0.25) is 5.02 Å². The molecular weight excluding hydrogens is 486 g/mol. The molecule has 8 nitrogen and oxygen atoms in total. The van der Waals surface area contributed by atoms with Crippen LogP contribution in [0.15, 0.2) is 77.7 Å². The summed E-state index contributed by atoms with van der Waals surface area (Å²) >= 11 is 6.04. The van der Waals surface area contributed by atoms with Gasteiger partial charge in [0.25, 0.3) is 10.0 Å². The summed E-state index contributed by atoms with van der Waals surface area (Å²) in [7, 11) is -7.57. The number of para-hydroxylation sites is 1. The highest BCUT2D eigenvalue weighted by Crippen LogP contribution is 2.26. The van der Waals surface area contributed by atoms with Crippen LogP contribution in [0.3, 0.4) is 0 Å². The van der Waals surface area contributed by atoms with Gasteiger partial charge in [-0.15, -0.1) is 0 Å². The van der Waals surface area contributed by atoms with Crippen LogP contribution in [-0.2, 0) is 24.8 Å². The van der Waals surface area contributed by atoms with E-state index in [4.69, 9.17) is 11.6 Å². The summed E-state index contributed by atoms with van der Waals surface area (Å²) in [5.41, 5.74) is 1.64. The van der Waals surface area contributed by atoms with E-state index in [0.29, 0.717) is 27.6 Å². The Bertz CT molecular complexity index is 1360. The van der Waals surface area contributed by atoms with E-state index < -0.39 is 32.5 Å². The van der Waals surface area contributed by atoms with E-state index in [1.54, 1.807) is 55.5 Å². The Labute approximate surface area is 198 Å². The lowest BCUT2D eigenvalue weighted by molar-refractivity contribution is -0.114. The summed E-state index contributed by atoms with van der Waals surface area (Å²) in [6, 6.07) is 18.7. The minimum Gasteiger partial charge on any atom is -0.325 e. The van der Waals surface area contributed by atoms with Crippen LogP contribution < -0.4 is 14.3 Å². The molecule has 0 aliphatic heterocycles. The molecule has 0 saturated carbocycles. The van der Waals surface area contributed by atoms with E-state index in [0.717, 1.165) is 10.6 Å². The molecule has 33 heavy (non-hydrogen) atoms. The van der Waals surface area contributed by atoms with Gasteiger partial charge in [0.2, 0.25) is 15.9 Å². The Balaban J connectivity index is 1.72. The van der Waals surface area contributed by atoms with Crippen LogP contribution in [0, 0.1) is 6.92 Å². The normalized spacial score (nSPS) is 11.6. The molecule has 3 aromatic rings. The van der Waals surface area contributed by atoms with Gasteiger partial charge in [0, 0.05) is 10.7 Å². The van der Waals surface area contributed by atoms with E-state index in [9.17, 15) is 21.6 Å². The van der Waals surface area contributed by atoms with Gasteiger partial charge >= 0.3 is 0 Å². The first-order valence-electron chi connectivity index (χ1n) is 9.68. The fourth-order valence-electron chi connectivity index (χ4n) is 2.96. The number of carbonyl (C=O) groups is 1. The number of hydrogen-bond donors (Lipinski definition) is 2. The highest BCUT2D eigenvalue weighted by Gasteiger charge is 2.21. The van der Waals surface area contributed by atoms with Gasteiger partial charge in [0.15, 0.2) is 0 Å². The lowest BCUT2D eigenvalue weighted by Crippen LogP contribution is -2.37. The summed E-state index contributed by atoms with van der Waals surface area (Å²) < 4.78 is 53.1. The summed E-state index contributed by atoms with van der Waals surface area (Å²) in [4.78, 5) is 12.5. The Morgan fingerprint density at radius 1 is 0.909 bits per heavy atom. The molecule has 0 radical (unpaired) electrons. The van der Waals surface area contributed by atoms with Crippen LogP contribution in [0.25, 0.3) is 0 Å². The summed E-state index contributed by atoms with van der Waals surface area (Å²) in [5.74, 6) is -0.576. The van der Waals surface area contributed by atoms with Crippen LogP contribution in [0.5, 0.6) is 0 Å². The number of nitrogens with zero attached hydrogens (tertiary/aromatic N) is 1. The van der Waals surface area contributed by atoms with E-state index >= 15 is 0 Å². The van der Waals surface area contributed by atoms with Crippen LogP contribution in [-0.4, -0.2) is 35.5 Å². The van der Waals surface area contributed by atoms with Gasteiger partial charge in [-0.3, -0.25) is 13.8 Å². The predicted molar refractivity (Wildman–Crippen MR) is 131 cm³/mol. The van der Waals surface area contributed by atoms with Crippen molar-refractivity contribution in [3.8, 4) is 0 Å².